The quantitative estimate of drug-likeness (QED) is 0.803. The molecule has 3 rings (SSSR count). The fourth-order valence-corrected chi connectivity index (χ4v) is 2.57. The van der Waals surface area contributed by atoms with Crippen LogP contribution in [0, 0.1) is 6.92 Å². The number of phenols is 1. The maximum Gasteiger partial charge on any atom is 0.146 e. The highest BCUT2D eigenvalue weighted by Gasteiger charge is 2.17. The maximum atomic E-state index is 10.1. The lowest BCUT2D eigenvalue weighted by atomic mass is 10.0. The minimum absolute atomic E-state index is 0.276. The van der Waals surface area contributed by atoms with Gasteiger partial charge in [-0.2, -0.15) is 0 Å². The minimum atomic E-state index is 0.276. The van der Waals surface area contributed by atoms with Gasteiger partial charge in [-0.05, 0) is 61.1 Å². The first-order valence-electron chi connectivity index (χ1n) is 6.10. The molecule has 1 aromatic heterocycles. The molecule has 2 aromatic rings. The van der Waals surface area contributed by atoms with Crippen LogP contribution in [-0.2, 0) is 12.8 Å². The number of anilines is 1. The summed E-state index contributed by atoms with van der Waals surface area (Å²) in [5.74, 6) is 0.676. The Bertz CT molecular complexity index is 623. The van der Waals surface area contributed by atoms with Gasteiger partial charge in [0, 0.05) is 5.56 Å². The second kappa shape index (κ2) is 3.98. The molecule has 3 N–H and O–H groups in total. The van der Waals surface area contributed by atoms with Crippen molar-refractivity contribution >= 4 is 5.82 Å². The van der Waals surface area contributed by atoms with Crippen molar-refractivity contribution in [2.24, 2.45) is 0 Å². The van der Waals surface area contributed by atoms with Gasteiger partial charge in [-0.3, -0.25) is 0 Å². The first-order chi connectivity index (χ1) is 8.65. The number of rotatable bonds is 1. The van der Waals surface area contributed by atoms with Crippen LogP contribution in [0.1, 0.15) is 23.1 Å². The standard InChI is InChI=1S/C14H15N3O/c1-8-5-13(15)16-17-14(8)11-6-9-3-2-4-10(9)7-12(11)18/h5-7,18H,2-4H2,1H3,(H2,15,16). The Balaban J connectivity index is 2.17. The molecule has 0 spiro atoms. The van der Waals surface area contributed by atoms with Gasteiger partial charge in [0.2, 0.25) is 0 Å². The number of phenolic OH excluding ortho intramolecular Hbond substituents is 1. The highest BCUT2D eigenvalue weighted by Crippen LogP contribution is 2.35. The van der Waals surface area contributed by atoms with Gasteiger partial charge in [0.1, 0.15) is 11.6 Å². The molecule has 1 aliphatic rings. The Morgan fingerprint density at radius 1 is 1.11 bits per heavy atom. The lowest BCUT2D eigenvalue weighted by Crippen LogP contribution is -1.98. The summed E-state index contributed by atoms with van der Waals surface area (Å²) < 4.78 is 0. The van der Waals surface area contributed by atoms with Gasteiger partial charge in [-0.15, -0.1) is 10.2 Å². The van der Waals surface area contributed by atoms with E-state index in [0.29, 0.717) is 11.5 Å². The van der Waals surface area contributed by atoms with E-state index in [1.54, 1.807) is 6.07 Å². The molecule has 0 saturated carbocycles. The third-order valence-corrected chi connectivity index (χ3v) is 3.47. The van der Waals surface area contributed by atoms with Crippen LogP contribution in [0.2, 0.25) is 0 Å². The Labute approximate surface area is 105 Å². The van der Waals surface area contributed by atoms with Crippen LogP contribution in [0.3, 0.4) is 0 Å². The Hall–Kier alpha value is -2.10. The highest BCUT2D eigenvalue weighted by atomic mass is 16.3. The molecule has 0 amide bonds. The predicted octanol–water partition coefficient (Wildman–Crippen LogP) is 2.23. The van der Waals surface area contributed by atoms with E-state index in [-0.39, 0.29) is 5.75 Å². The molecule has 0 aliphatic heterocycles. The van der Waals surface area contributed by atoms with Crippen LogP contribution < -0.4 is 5.73 Å². The Kier molecular flexibility index (Phi) is 2.44. The minimum Gasteiger partial charge on any atom is -0.507 e. The fourth-order valence-electron chi connectivity index (χ4n) is 2.57. The van der Waals surface area contributed by atoms with E-state index in [1.165, 1.54) is 11.1 Å². The average Bonchev–Trinajstić information content (AvgIpc) is 2.75. The SMILES string of the molecule is Cc1cc(N)nnc1-c1cc2c(cc1O)CCC2. The highest BCUT2D eigenvalue weighted by molar-refractivity contribution is 5.71. The second-order valence-corrected chi connectivity index (χ2v) is 4.79. The van der Waals surface area contributed by atoms with Gasteiger partial charge in [0.15, 0.2) is 0 Å². The smallest absolute Gasteiger partial charge is 0.146 e. The van der Waals surface area contributed by atoms with Crippen LogP contribution >= 0.6 is 0 Å². The largest absolute Gasteiger partial charge is 0.507 e. The zero-order valence-corrected chi connectivity index (χ0v) is 10.3. The van der Waals surface area contributed by atoms with Crippen molar-refractivity contribution in [3.63, 3.8) is 0 Å². The van der Waals surface area contributed by atoms with Crippen molar-refractivity contribution in [1.82, 2.24) is 10.2 Å². The average molecular weight is 241 g/mol. The van der Waals surface area contributed by atoms with E-state index in [4.69, 9.17) is 5.73 Å². The molecule has 4 nitrogen and oxygen atoms in total. The van der Waals surface area contributed by atoms with Crippen molar-refractivity contribution in [2.45, 2.75) is 26.2 Å². The summed E-state index contributed by atoms with van der Waals surface area (Å²) in [5.41, 5.74) is 10.5. The van der Waals surface area contributed by atoms with Crippen molar-refractivity contribution in [3.05, 3.63) is 34.9 Å². The zero-order chi connectivity index (χ0) is 12.7. The van der Waals surface area contributed by atoms with E-state index in [2.05, 4.69) is 10.2 Å². The summed E-state index contributed by atoms with van der Waals surface area (Å²) in [4.78, 5) is 0. The van der Waals surface area contributed by atoms with Crippen LogP contribution in [0.25, 0.3) is 11.3 Å². The molecular weight excluding hydrogens is 226 g/mol. The number of nitrogens with zero attached hydrogens (tertiary/aromatic N) is 2. The third-order valence-electron chi connectivity index (χ3n) is 3.47. The monoisotopic (exact) mass is 241 g/mol. The zero-order valence-electron chi connectivity index (χ0n) is 10.3. The van der Waals surface area contributed by atoms with E-state index in [0.717, 1.165) is 30.4 Å². The van der Waals surface area contributed by atoms with Gasteiger partial charge in [0.25, 0.3) is 0 Å². The van der Waals surface area contributed by atoms with Gasteiger partial charge in [-0.25, -0.2) is 0 Å². The molecule has 0 atom stereocenters. The molecule has 0 saturated heterocycles. The topological polar surface area (TPSA) is 72.0 Å². The molecule has 1 aromatic carbocycles. The first-order valence-corrected chi connectivity index (χ1v) is 6.10. The summed E-state index contributed by atoms with van der Waals surface area (Å²) >= 11 is 0. The number of aryl methyl sites for hydroxylation is 3. The summed E-state index contributed by atoms with van der Waals surface area (Å²) in [5, 5.41) is 18.1. The number of hydrogen-bond acceptors (Lipinski definition) is 4. The van der Waals surface area contributed by atoms with E-state index in [1.807, 2.05) is 19.1 Å². The molecule has 1 aliphatic carbocycles. The molecular formula is C14H15N3O. The number of nitrogen functional groups attached to an aromatic ring is 1. The van der Waals surface area contributed by atoms with Gasteiger partial charge >= 0.3 is 0 Å². The third kappa shape index (κ3) is 1.70. The van der Waals surface area contributed by atoms with E-state index < -0.39 is 0 Å². The molecule has 18 heavy (non-hydrogen) atoms. The lowest BCUT2D eigenvalue weighted by molar-refractivity contribution is 0.476. The van der Waals surface area contributed by atoms with Crippen molar-refractivity contribution in [2.75, 3.05) is 5.73 Å². The molecule has 1 heterocycles. The number of nitrogens with two attached hydrogens (primary N) is 1. The summed E-state index contributed by atoms with van der Waals surface area (Å²) in [6.07, 6.45) is 3.28. The molecule has 0 bridgehead atoms. The number of aromatic nitrogens is 2. The molecule has 0 fully saturated rings. The van der Waals surface area contributed by atoms with Crippen LogP contribution in [-0.4, -0.2) is 15.3 Å². The summed E-state index contributed by atoms with van der Waals surface area (Å²) in [6.45, 7) is 1.92. The van der Waals surface area contributed by atoms with Crippen molar-refractivity contribution in [3.8, 4) is 17.0 Å². The number of benzene rings is 1. The van der Waals surface area contributed by atoms with Gasteiger partial charge in [-0.1, -0.05) is 0 Å². The molecule has 4 heteroatoms. The van der Waals surface area contributed by atoms with Gasteiger partial charge < -0.3 is 10.8 Å². The Morgan fingerprint density at radius 2 is 1.83 bits per heavy atom. The summed E-state index contributed by atoms with van der Waals surface area (Å²) in [7, 11) is 0. The fraction of sp³-hybridized carbons (Fsp3) is 0.286. The van der Waals surface area contributed by atoms with Gasteiger partial charge in [0.05, 0.1) is 5.69 Å². The number of hydrogen-bond donors (Lipinski definition) is 2. The predicted molar refractivity (Wildman–Crippen MR) is 70.3 cm³/mol. The lowest BCUT2D eigenvalue weighted by Gasteiger charge is -2.09. The molecule has 92 valence electrons. The van der Waals surface area contributed by atoms with Crippen molar-refractivity contribution in [1.29, 1.82) is 0 Å². The molecule has 0 unspecified atom stereocenters. The molecule has 0 radical (unpaired) electrons. The maximum absolute atomic E-state index is 10.1. The number of aromatic hydroxyl groups is 1. The van der Waals surface area contributed by atoms with Crippen molar-refractivity contribution < 1.29 is 5.11 Å². The first kappa shape index (κ1) is 11.0. The Morgan fingerprint density at radius 3 is 2.56 bits per heavy atom. The van der Waals surface area contributed by atoms with Crippen LogP contribution in [0.4, 0.5) is 5.82 Å². The second-order valence-electron chi connectivity index (χ2n) is 4.79. The van der Waals surface area contributed by atoms with E-state index >= 15 is 0 Å². The van der Waals surface area contributed by atoms with Crippen LogP contribution in [0.15, 0.2) is 18.2 Å². The van der Waals surface area contributed by atoms with Crippen LogP contribution in [0.5, 0.6) is 5.75 Å². The summed E-state index contributed by atoms with van der Waals surface area (Å²) in [6, 6.07) is 5.66. The normalized spacial score (nSPS) is 13.6. The van der Waals surface area contributed by atoms with E-state index in [9.17, 15) is 5.11 Å². The number of fused-ring (bicyclic) bond motifs is 1.